The number of nitro benzene ring substituents is 1. The van der Waals surface area contributed by atoms with Gasteiger partial charge in [0.25, 0.3) is 5.69 Å². The lowest BCUT2D eigenvalue weighted by atomic mass is 10.1. The van der Waals surface area contributed by atoms with E-state index in [1.807, 2.05) is 23.8 Å². The molecule has 0 aliphatic carbocycles. The Morgan fingerprint density at radius 2 is 2.32 bits per heavy atom. The largest absolute Gasteiger partial charge is 0.331 e. The van der Waals surface area contributed by atoms with Gasteiger partial charge in [-0.2, -0.15) is 0 Å². The molecule has 3 N–H and O–H groups in total. The topological polar surface area (TPSA) is 99.0 Å². The summed E-state index contributed by atoms with van der Waals surface area (Å²) >= 11 is 0. The zero-order valence-electron chi connectivity index (χ0n) is 10.5. The molecule has 0 amide bonds. The van der Waals surface area contributed by atoms with E-state index in [0.29, 0.717) is 12.2 Å². The number of imidazole rings is 1. The van der Waals surface area contributed by atoms with Crippen molar-refractivity contribution in [1.82, 2.24) is 9.55 Å². The maximum atomic E-state index is 10.9. The molecule has 1 heterocycles. The zero-order chi connectivity index (χ0) is 13.8. The fourth-order valence-electron chi connectivity index (χ4n) is 1.94. The minimum Gasteiger partial charge on any atom is -0.331 e. The number of hydrazine groups is 1. The highest BCUT2D eigenvalue weighted by Crippen LogP contribution is 2.25. The van der Waals surface area contributed by atoms with E-state index in [1.165, 1.54) is 6.07 Å². The Labute approximate surface area is 110 Å². The lowest BCUT2D eigenvalue weighted by molar-refractivity contribution is -0.384. The summed E-state index contributed by atoms with van der Waals surface area (Å²) in [4.78, 5) is 14.7. The van der Waals surface area contributed by atoms with Crippen LogP contribution in [-0.4, -0.2) is 14.5 Å². The number of nitro groups is 1. The number of nitrogens with one attached hydrogen (secondary N) is 1. The third kappa shape index (κ3) is 2.71. The third-order valence-electron chi connectivity index (χ3n) is 2.89. The average molecular weight is 261 g/mol. The molecule has 0 radical (unpaired) electrons. The molecule has 1 aromatic heterocycles. The predicted molar refractivity (Wildman–Crippen MR) is 71.6 cm³/mol. The average Bonchev–Trinajstić information content (AvgIpc) is 2.85. The van der Waals surface area contributed by atoms with E-state index >= 15 is 0 Å². The molecule has 2 aromatic rings. The van der Waals surface area contributed by atoms with Gasteiger partial charge in [-0.25, -0.2) is 4.98 Å². The Bertz CT molecular complexity index is 594. The molecule has 0 unspecified atom stereocenters. The van der Waals surface area contributed by atoms with Crippen molar-refractivity contribution in [1.29, 1.82) is 0 Å². The maximum Gasteiger partial charge on any atom is 0.293 e. The summed E-state index contributed by atoms with van der Waals surface area (Å²) in [5, 5.41) is 10.9. The molecule has 7 heteroatoms. The number of hydrogen-bond donors (Lipinski definition) is 2. The summed E-state index contributed by atoms with van der Waals surface area (Å²) in [7, 11) is 0. The minimum atomic E-state index is -0.451. The second kappa shape index (κ2) is 5.49. The van der Waals surface area contributed by atoms with Gasteiger partial charge in [0.05, 0.1) is 4.92 Å². The van der Waals surface area contributed by atoms with Crippen LogP contribution in [0, 0.1) is 10.1 Å². The van der Waals surface area contributed by atoms with Crippen LogP contribution in [0.5, 0.6) is 0 Å². The van der Waals surface area contributed by atoms with Crippen molar-refractivity contribution >= 4 is 11.4 Å². The summed E-state index contributed by atoms with van der Waals surface area (Å²) in [6.45, 7) is 2.57. The molecule has 0 aliphatic rings. The van der Waals surface area contributed by atoms with E-state index in [0.717, 1.165) is 17.8 Å². The molecule has 2 rings (SSSR count). The lowest BCUT2D eigenvalue weighted by Gasteiger charge is -2.08. The Kier molecular flexibility index (Phi) is 3.76. The first kappa shape index (κ1) is 13.0. The van der Waals surface area contributed by atoms with Crippen LogP contribution < -0.4 is 11.3 Å². The number of anilines is 1. The maximum absolute atomic E-state index is 10.9. The molecule has 0 bridgehead atoms. The van der Waals surface area contributed by atoms with Crippen molar-refractivity contribution in [2.75, 3.05) is 5.43 Å². The summed E-state index contributed by atoms with van der Waals surface area (Å²) < 4.78 is 1.97. The Balaban J connectivity index is 2.31. The molecule has 0 atom stereocenters. The van der Waals surface area contributed by atoms with E-state index in [4.69, 9.17) is 5.84 Å². The van der Waals surface area contributed by atoms with Gasteiger partial charge < -0.3 is 9.99 Å². The van der Waals surface area contributed by atoms with Gasteiger partial charge >= 0.3 is 0 Å². The van der Waals surface area contributed by atoms with Gasteiger partial charge in [0, 0.05) is 31.4 Å². The van der Waals surface area contributed by atoms with E-state index < -0.39 is 4.92 Å². The Morgan fingerprint density at radius 1 is 1.53 bits per heavy atom. The predicted octanol–water partition coefficient (Wildman–Crippen LogP) is 1.69. The highest BCUT2D eigenvalue weighted by Gasteiger charge is 2.14. The van der Waals surface area contributed by atoms with Gasteiger partial charge in [-0.1, -0.05) is 13.0 Å². The van der Waals surface area contributed by atoms with E-state index in [2.05, 4.69) is 10.4 Å². The van der Waals surface area contributed by atoms with Crippen molar-refractivity contribution in [2.24, 2.45) is 5.84 Å². The molecule has 1 aromatic carbocycles. The number of nitrogens with zero attached hydrogens (tertiary/aromatic N) is 3. The zero-order valence-corrected chi connectivity index (χ0v) is 10.5. The van der Waals surface area contributed by atoms with E-state index in [-0.39, 0.29) is 5.69 Å². The Hall–Kier alpha value is -2.41. The van der Waals surface area contributed by atoms with Crippen molar-refractivity contribution in [3.05, 3.63) is 52.1 Å². The van der Waals surface area contributed by atoms with Crippen LogP contribution in [0.15, 0.2) is 30.6 Å². The standard InChI is InChI=1S/C12H15N5O2/c1-2-12-14-5-6-16(12)8-9-3-4-10(15-13)11(7-9)17(18)19/h3-7,15H,2,8,13H2,1H3. The smallest absolute Gasteiger partial charge is 0.293 e. The molecule has 0 aliphatic heterocycles. The molecule has 0 spiro atoms. The molecule has 7 nitrogen and oxygen atoms in total. The highest BCUT2D eigenvalue weighted by molar-refractivity contribution is 5.61. The van der Waals surface area contributed by atoms with Gasteiger partial charge in [-0.05, 0) is 11.6 Å². The molecule has 0 saturated heterocycles. The SMILES string of the molecule is CCc1nccn1Cc1ccc(NN)c([N+](=O)[O-])c1. The van der Waals surface area contributed by atoms with Crippen molar-refractivity contribution in [2.45, 2.75) is 19.9 Å². The summed E-state index contributed by atoms with van der Waals surface area (Å²) in [5.74, 6) is 6.20. The molecule has 0 fully saturated rings. The van der Waals surface area contributed by atoms with Crippen LogP contribution in [0.25, 0.3) is 0 Å². The van der Waals surface area contributed by atoms with Crippen LogP contribution in [-0.2, 0) is 13.0 Å². The fraction of sp³-hybridized carbons (Fsp3) is 0.250. The van der Waals surface area contributed by atoms with Gasteiger partial charge in [0.1, 0.15) is 11.5 Å². The minimum absolute atomic E-state index is 0.0295. The van der Waals surface area contributed by atoms with Gasteiger partial charge in [-0.3, -0.25) is 16.0 Å². The Morgan fingerprint density at radius 3 is 2.95 bits per heavy atom. The second-order valence-electron chi connectivity index (χ2n) is 4.08. The first-order chi connectivity index (χ1) is 9.15. The van der Waals surface area contributed by atoms with Crippen molar-refractivity contribution < 1.29 is 4.92 Å². The normalized spacial score (nSPS) is 10.4. The molecule has 0 saturated carbocycles. The highest BCUT2D eigenvalue weighted by atomic mass is 16.6. The number of aromatic nitrogens is 2. The quantitative estimate of drug-likeness (QED) is 0.484. The van der Waals surface area contributed by atoms with Crippen molar-refractivity contribution in [3.63, 3.8) is 0 Å². The van der Waals surface area contributed by atoms with E-state index in [9.17, 15) is 10.1 Å². The van der Waals surface area contributed by atoms with Crippen LogP contribution in [0.3, 0.4) is 0 Å². The third-order valence-corrected chi connectivity index (χ3v) is 2.89. The summed E-state index contributed by atoms with van der Waals surface area (Å²) in [5.41, 5.74) is 3.43. The van der Waals surface area contributed by atoms with Gasteiger partial charge in [-0.15, -0.1) is 0 Å². The molecule has 100 valence electrons. The number of rotatable bonds is 5. The fourth-order valence-corrected chi connectivity index (χ4v) is 1.94. The second-order valence-corrected chi connectivity index (χ2v) is 4.08. The van der Waals surface area contributed by atoms with Gasteiger partial charge in [0.2, 0.25) is 0 Å². The number of hydrogen-bond acceptors (Lipinski definition) is 5. The first-order valence-corrected chi connectivity index (χ1v) is 5.89. The molecular formula is C12H15N5O2. The van der Waals surface area contributed by atoms with Crippen LogP contribution in [0.1, 0.15) is 18.3 Å². The lowest BCUT2D eigenvalue weighted by Crippen LogP contribution is -2.10. The van der Waals surface area contributed by atoms with Gasteiger partial charge in [0.15, 0.2) is 0 Å². The van der Waals surface area contributed by atoms with Crippen LogP contribution in [0.2, 0.25) is 0 Å². The molecular weight excluding hydrogens is 246 g/mol. The first-order valence-electron chi connectivity index (χ1n) is 5.89. The number of nitrogen functional groups attached to an aromatic ring is 1. The summed E-state index contributed by atoms with van der Waals surface area (Å²) in [6.07, 6.45) is 4.40. The number of nitrogens with two attached hydrogens (primary N) is 1. The molecule has 19 heavy (non-hydrogen) atoms. The van der Waals surface area contributed by atoms with E-state index in [1.54, 1.807) is 12.3 Å². The van der Waals surface area contributed by atoms with Crippen LogP contribution in [0.4, 0.5) is 11.4 Å². The van der Waals surface area contributed by atoms with Crippen LogP contribution >= 0.6 is 0 Å². The van der Waals surface area contributed by atoms with Crippen molar-refractivity contribution in [3.8, 4) is 0 Å². The summed E-state index contributed by atoms with van der Waals surface area (Å²) in [6, 6.07) is 4.94. The monoisotopic (exact) mass is 261 g/mol. The number of benzene rings is 1. The number of aryl methyl sites for hydroxylation is 1.